The molecule has 9 nitrogen and oxygen atoms in total. The number of aryl methyl sites for hydroxylation is 2. The summed E-state index contributed by atoms with van der Waals surface area (Å²) < 4.78 is 42.8. The van der Waals surface area contributed by atoms with Crippen LogP contribution in [-0.4, -0.2) is 42.7 Å². The van der Waals surface area contributed by atoms with Crippen LogP contribution >= 0.6 is 0 Å². The van der Waals surface area contributed by atoms with Crippen LogP contribution in [0.1, 0.15) is 46.5 Å². The van der Waals surface area contributed by atoms with Crippen LogP contribution in [0, 0.1) is 13.8 Å². The summed E-state index contributed by atoms with van der Waals surface area (Å²) in [4.78, 5) is 18.0. The standard InChI is InChI=1S/C32H32N4O5S/c1-18-13-14-25(40-20(3)21-9-5-4-6-10-21)26-27(32(34)37)31(42(38,39)36-16-15-22(33)17-36)29(35-28(18)26)30-19(2)23-11-7-8-12-24(23)41-30/h4-14,20,22H,15-17,33H2,1-3H3,(H2,34,37)/t20-,22+/m1/s1. The van der Waals surface area contributed by atoms with Gasteiger partial charge in [0.25, 0.3) is 5.91 Å². The molecule has 0 unspecified atom stereocenters. The summed E-state index contributed by atoms with van der Waals surface area (Å²) >= 11 is 0. The number of aromatic nitrogens is 1. The van der Waals surface area contributed by atoms with E-state index in [1.807, 2.05) is 75.4 Å². The number of rotatable bonds is 7. The van der Waals surface area contributed by atoms with E-state index in [9.17, 15) is 13.2 Å². The van der Waals surface area contributed by atoms with Crippen LogP contribution in [0.3, 0.4) is 0 Å². The second-order valence-corrected chi connectivity index (χ2v) is 12.6. The van der Waals surface area contributed by atoms with Crippen molar-refractivity contribution < 1.29 is 22.4 Å². The van der Waals surface area contributed by atoms with Gasteiger partial charge in [0.2, 0.25) is 10.0 Å². The molecule has 42 heavy (non-hydrogen) atoms. The first-order chi connectivity index (χ1) is 20.1. The molecular weight excluding hydrogens is 552 g/mol. The topological polar surface area (TPSA) is 142 Å². The Kier molecular flexibility index (Phi) is 7.00. The van der Waals surface area contributed by atoms with E-state index < -0.39 is 22.0 Å². The lowest BCUT2D eigenvalue weighted by Crippen LogP contribution is -2.34. The molecule has 2 atom stereocenters. The van der Waals surface area contributed by atoms with Crippen LogP contribution in [0.5, 0.6) is 5.75 Å². The Bertz CT molecular complexity index is 1950. The van der Waals surface area contributed by atoms with E-state index in [2.05, 4.69) is 0 Å². The number of nitrogens with zero attached hydrogens (tertiary/aromatic N) is 2. The Morgan fingerprint density at radius 2 is 1.79 bits per heavy atom. The maximum atomic E-state index is 14.4. The largest absolute Gasteiger partial charge is 0.485 e. The fraction of sp³-hybridized carbons (Fsp3) is 0.250. The number of carbonyl (C=O) groups is 1. The third-order valence-corrected chi connectivity index (χ3v) is 9.85. The Labute approximate surface area is 244 Å². The number of para-hydroxylation sites is 1. The number of benzene rings is 3. The highest BCUT2D eigenvalue weighted by molar-refractivity contribution is 7.89. The van der Waals surface area contributed by atoms with Gasteiger partial charge in [-0.2, -0.15) is 4.31 Å². The molecule has 0 saturated carbocycles. The van der Waals surface area contributed by atoms with Crippen LogP contribution in [0.15, 0.2) is 76.0 Å². The van der Waals surface area contributed by atoms with Gasteiger partial charge in [-0.1, -0.05) is 54.6 Å². The first kappa shape index (κ1) is 27.9. The number of amides is 1. The summed E-state index contributed by atoms with van der Waals surface area (Å²) in [5.41, 5.74) is 15.3. The molecule has 5 aromatic rings. The van der Waals surface area contributed by atoms with E-state index in [4.69, 9.17) is 25.6 Å². The number of primary amides is 1. The second kappa shape index (κ2) is 10.5. The zero-order chi connectivity index (χ0) is 29.8. The summed E-state index contributed by atoms with van der Waals surface area (Å²) in [6.45, 7) is 5.88. The number of hydrogen-bond donors (Lipinski definition) is 2. The lowest BCUT2D eigenvalue weighted by atomic mass is 10.0. The van der Waals surface area contributed by atoms with Crippen molar-refractivity contribution in [2.24, 2.45) is 11.5 Å². The molecule has 10 heteroatoms. The van der Waals surface area contributed by atoms with Crippen molar-refractivity contribution in [2.75, 3.05) is 13.1 Å². The average molecular weight is 585 g/mol. The van der Waals surface area contributed by atoms with E-state index in [0.29, 0.717) is 28.8 Å². The molecule has 0 radical (unpaired) electrons. The minimum absolute atomic E-state index is 0.0295. The van der Waals surface area contributed by atoms with Gasteiger partial charge in [0.05, 0.1) is 16.5 Å². The Morgan fingerprint density at radius 1 is 1.07 bits per heavy atom. The summed E-state index contributed by atoms with van der Waals surface area (Å²) in [6.07, 6.45) is 0.0829. The van der Waals surface area contributed by atoms with Crippen molar-refractivity contribution >= 4 is 37.8 Å². The number of pyridine rings is 1. The molecule has 1 saturated heterocycles. The van der Waals surface area contributed by atoms with Crippen LogP contribution in [0.25, 0.3) is 33.3 Å². The second-order valence-electron chi connectivity index (χ2n) is 10.8. The summed E-state index contributed by atoms with van der Waals surface area (Å²) in [5.74, 6) is -0.357. The number of nitrogens with two attached hydrogens (primary N) is 2. The molecule has 216 valence electrons. The zero-order valence-electron chi connectivity index (χ0n) is 23.6. The van der Waals surface area contributed by atoms with Gasteiger partial charge >= 0.3 is 0 Å². The van der Waals surface area contributed by atoms with E-state index in [0.717, 1.165) is 16.5 Å². The number of ether oxygens (including phenoxy) is 1. The van der Waals surface area contributed by atoms with E-state index in [1.54, 1.807) is 12.1 Å². The molecule has 3 aromatic carbocycles. The Balaban J connectivity index is 1.70. The van der Waals surface area contributed by atoms with Crippen LogP contribution in [-0.2, 0) is 10.0 Å². The molecular formula is C32H32N4O5S. The Morgan fingerprint density at radius 3 is 2.45 bits per heavy atom. The highest BCUT2D eigenvalue weighted by Crippen LogP contribution is 2.43. The van der Waals surface area contributed by atoms with Gasteiger partial charge in [-0.05, 0) is 50.5 Å². The lowest BCUT2D eigenvalue weighted by Gasteiger charge is -2.23. The van der Waals surface area contributed by atoms with Crippen molar-refractivity contribution in [1.82, 2.24) is 9.29 Å². The van der Waals surface area contributed by atoms with Crippen molar-refractivity contribution in [3.63, 3.8) is 0 Å². The van der Waals surface area contributed by atoms with Gasteiger partial charge in [0.1, 0.15) is 28.0 Å². The minimum Gasteiger partial charge on any atom is -0.485 e. The van der Waals surface area contributed by atoms with Crippen molar-refractivity contribution in [3.8, 4) is 17.2 Å². The third-order valence-electron chi connectivity index (χ3n) is 7.92. The molecule has 0 spiro atoms. The predicted octanol–water partition coefficient (Wildman–Crippen LogP) is 5.23. The highest BCUT2D eigenvalue weighted by atomic mass is 32.2. The Hall–Kier alpha value is -4.25. The normalized spacial score (nSPS) is 16.7. The van der Waals surface area contributed by atoms with E-state index in [1.165, 1.54) is 4.31 Å². The predicted molar refractivity (Wildman–Crippen MR) is 162 cm³/mol. The fourth-order valence-electron chi connectivity index (χ4n) is 5.68. The molecule has 0 aliphatic carbocycles. The summed E-state index contributed by atoms with van der Waals surface area (Å²) in [7, 11) is -4.31. The lowest BCUT2D eigenvalue weighted by molar-refractivity contribution is 0.0998. The van der Waals surface area contributed by atoms with E-state index >= 15 is 0 Å². The monoisotopic (exact) mass is 584 g/mol. The molecule has 4 N–H and O–H groups in total. The molecule has 1 aliphatic heterocycles. The molecule has 3 heterocycles. The molecule has 1 fully saturated rings. The maximum Gasteiger partial charge on any atom is 0.250 e. The van der Waals surface area contributed by atoms with Crippen molar-refractivity contribution in [1.29, 1.82) is 0 Å². The zero-order valence-corrected chi connectivity index (χ0v) is 24.4. The van der Waals surface area contributed by atoms with Gasteiger partial charge in [0.15, 0.2) is 5.76 Å². The van der Waals surface area contributed by atoms with Gasteiger partial charge in [-0.25, -0.2) is 13.4 Å². The minimum atomic E-state index is -4.31. The number of furan rings is 1. The maximum absolute atomic E-state index is 14.4. The fourth-order valence-corrected chi connectivity index (χ4v) is 7.51. The number of hydrogen-bond acceptors (Lipinski definition) is 7. The molecule has 1 aliphatic rings. The number of fused-ring (bicyclic) bond motifs is 2. The SMILES string of the molecule is Cc1c(-c2nc3c(C)ccc(O[C@H](C)c4ccccc4)c3c(C(N)=O)c2S(=O)(=O)N2CC[C@H](N)C2)oc2ccccc12. The van der Waals surface area contributed by atoms with Crippen molar-refractivity contribution in [2.45, 2.75) is 44.2 Å². The van der Waals surface area contributed by atoms with Crippen molar-refractivity contribution in [3.05, 3.63) is 89.0 Å². The van der Waals surface area contributed by atoms with Gasteiger partial charge in [0, 0.05) is 30.1 Å². The van der Waals surface area contributed by atoms with Gasteiger partial charge < -0.3 is 20.6 Å². The smallest absolute Gasteiger partial charge is 0.250 e. The molecule has 2 aromatic heterocycles. The molecule has 6 rings (SSSR count). The number of carbonyl (C=O) groups excluding carboxylic acids is 1. The third kappa shape index (κ3) is 4.61. The van der Waals surface area contributed by atoms with Crippen LogP contribution < -0.4 is 16.2 Å². The molecule has 1 amide bonds. The van der Waals surface area contributed by atoms with Gasteiger partial charge in [-0.3, -0.25) is 4.79 Å². The van der Waals surface area contributed by atoms with E-state index in [-0.39, 0.29) is 46.4 Å². The first-order valence-electron chi connectivity index (χ1n) is 13.8. The highest BCUT2D eigenvalue weighted by Gasteiger charge is 2.39. The number of sulfonamides is 1. The van der Waals surface area contributed by atoms with Crippen LogP contribution in [0.2, 0.25) is 0 Å². The van der Waals surface area contributed by atoms with Gasteiger partial charge in [-0.15, -0.1) is 0 Å². The summed E-state index contributed by atoms with van der Waals surface area (Å²) in [5, 5.41) is 1.05. The average Bonchev–Trinajstić information content (AvgIpc) is 3.57. The summed E-state index contributed by atoms with van der Waals surface area (Å²) in [6, 6.07) is 20.2. The molecule has 0 bridgehead atoms. The van der Waals surface area contributed by atoms with Crippen LogP contribution in [0.4, 0.5) is 0 Å². The quantitative estimate of drug-likeness (QED) is 0.267. The first-order valence-corrected chi connectivity index (χ1v) is 15.2.